The van der Waals surface area contributed by atoms with Crippen molar-refractivity contribution in [3.8, 4) is 0 Å². The number of amides is 2. The number of nitrogens with one attached hydrogen (secondary N) is 1. The zero-order valence-electron chi connectivity index (χ0n) is 13.0. The van der Waals surface area contributed by atoms with Gasteiger partial charge in [-0.25, -0.2) is 8.78 Å². The van der Waals surface area contributed by atoms with Gasteiger partial charge in [-0.1, -0.05) is 0 Å². The molecule has 0 aromatic rings. The van der Waals surface area contributed by atoms with Gasteiger partial charge >= 0.3 is 0 Å². The van der Waals surface area contributed by atoms with Crippen molar-refractivity contribution in [2.24, 2.45) is 5.92 Å². The third-order valence-electron chi connectivity index (χ3n) is 5.72. The van der Waals surface area contributed by atoms with Gasteiger partial charge in [0.2, 0.25) is 17.7 Å². The molecule has 2 saturated carbocycles. The molecule has 0 bridgehead atoms. The molecule has 0 radical (unpaired) electrons. The first kappa shape index (κ1) is 15.7. The second kappa shape index (κ2) is 5.46. The Balaban J connectivity index is 1.50. The average Bonchev–Trinajstić information content (AvgIpc) is 2.75. The third kappa shape index (κ3) is 2.72. The Kier molecular flexibility index (Phi) is 3.89. The van der Waals surface area contributed by atoms with Crippen LogP contribution < -0.4 is 5.32 Å². The molecule has 1 heterocycles. The monoisotopic (exact) mass is 314 g/mol. The first-order valence-corrected chi connectivity index (χ1v) is 8.34. The quantitative estimate of drug-likeness (QED) is 0.870. The van der Waals surface area contributed by atoms with Gasteiger partial charge < -0.3 is 10.2 Å². The molecule has 22 heavy (non-hydrogen) atoms. The fourth-order valence-corrected chi connectivity index (χ4v) is 4.37. The molecule has 6 heteroatoms. The third-order valence-corrected chi connectivity index (χ3v) is 5.72. The van der Waals surface area contributed by atoms with E-state index in [1.54, 1.807) is 0 Å². The lowest BCUT2D eigenvalue weighted by molar-refractivity contribution is -0.151. The molecular formula is C16H24F2N2O2. The predicted octanol–water partition coefficient (Wildman–Crippen LogP) is 2.47. The number of likely N-dealkylation sites (tertiary alicyclic amines) is 1. The summed E-state index contributed by atoms with van der Waals surface area (Å²) in [6.45, 7) is 2.75. The molecule has 1 aliphatic heterocycles. The first-order valence-electron chi connectivity index (χ1n) is 8.34. The fraction of sp³-hybridized carbons (Fsp3) is 0.875. The van der Waals surface area contributed by atoms with E-state index in [2.05, 4.69) is 5.32 Å². The summed E-state index contributed by atoms with van der Waals surface area (Å²) in [7, 11) is 0. The van der Waals surface area contributed by atoms with E-state index in [0.29, 0.717) is 6.42 Å². The summed E-state index contributed by atoms with van der Waals surface area (Å²) in [5, 5.41) is 2.93. The number of halogens is 2. The largest absolute Gasteiger partial charge is 0.353 e. The lowest BCUT2D eigenvalue weighted by Crippen LogP contribution is -2.53. The van der Waals surface area contributed by atoms with Gasteiger partial charge in [-0.15, -0.1) is 0 Å². The summed E-state index contributed by atoms with van der Waals surface area (Å²) in [4.78, 5) is 25.9. The minimum absolute atomic E-state index is 0.0173. The van der Waals surface area contributed by atoms with Crippen molar-refractivity contribution in [3.63, 3.8) is 0 Å². The number of nitrogens with zero attached hydrogens (tertiary/aromatic N) is 1. The summed E-state index contributed by atoms with van der Waals surface area (Å²) in [5.41, 5.74) is -0.0173. The highest BCUT2D eigenvalue weighted by Crippen LogP contribution is 2.44. The normalized spacial score (nSPS) is 28.0. The molecule has 1 N–H and O–H groups in total. The smallest absolute Gasteiger partial charge is 0.249 e. The Labute approximate surface area is 129 Å². The molecule has 0 atom stereocenters. The van der Waals surface area contributed by atoms with Crippen molar-refractivity contribution in [3.05, 3.63) is 0 Å². The van der Waals surface area contributed by atoms with Gasteiger partial charge in [0, 0.05) is 43.3 Å². The van der Waals surface area contributed by atoms with Crippen molar-refractivity contribution in [2.45, 2.75) is 75.8 Å². The summed E-state index contributed by atoms with van der Waals surface area (Å²) in [6, 6.07) is 0.0711. The molecule has 1 saturated heterocycles. The van der Waals surface area contributed by atoms with Crippen LogP contribution in [0.2, 0.25) is 0 Å². The van der Waals surface area contributed by atoms with Crippen LogP contribution in [0.4, 0.5) is 8.78 Å². The maximum absolute atomic E-state index is 12.8. The minimum atomic E-state index is -2.65. The molecule has 0 unspecified atom stereocenters. The number of rotatable bonds is 3. The zero-order valence-corrected chi connectivity index (χ0v) is 13.0. The van der Waals surface area contributed by atoms with E-state index < -0.39 is 11.8 Å². The molecule has 3 aliphatic rings. The van der Waals surface area contributed by atoms with Gasteiger partial charge in [0.1, 0.15) is 0 Å². The lowest BCUT2D eigenvalue weighted by atomic mass is 9.76. The molecule has 124 valence electrons. The van der Waals surface area contributed by atoms with Crippen molar-refractivity contribution in [2.75, 3.05) is 6.54 Å². The van der Waals surface area contributed by atoms with E-state index in [-0.39, 0.29) is 36.2 Å². The Hall–Kier alpha value is -1.20. The fourth-order valence-electron chi connectivity index (χ4n) is 4.37. The van der Waals surface area contributed by atoms with E-state index in [0.717, 1.165) is 38.6 Å². The molecular weight excluding hydrogens is 290 g/mol. The van der Waals surface area contributed by atoms with E-state index >= 15 is 0 Å². The molecule has 1 spiro atoms. The van der Waals surface area contributed by atoms with Crippen LogP contribution in [0.1, 0.15) is 58.3 Å². The Morgan fingerprint density at radius 1 is 1.27 bits per heavy atom. The van der Waals surface area contributed by atoms with Gasteiger partial charge in [-0.05, 0) is 39.0 Å². The zero-order chi connectivity index (χ0) is 16.0. The van der Waals surface area contributed by atoms with Gasteiger partial charge in [-0.2, -0.15) is 0 Å². The highest BCUT2D eigenvalue weighted by molar-refractivity contribution is 5.80. The minimum Gasteiger partial charge on any atom is -0.353 e. The number of carbonyl (C=O) groups is 2. The second-order valence-corrected chi connectivity index (χ2v) is 7.11. The molecule has 4 nitrogen and oxygen atoms in total. The Morgan fingerprint density at radius 3 is 2.45 bits per heavy atom. The van der Waals surface area contributed by atoms with Gasteiger partial charge in [0.25, 0.3) is 0 Å². The molecule has 2 aliphatic carbocycles. The van der Waals surface area contributed by atoms with Crippen molar-refractivity contribution >= 4 is 11.8 Å². The average molecular weight is 314 g/mol. The highest BCUT2D eigenvalue weighted by atomic mass is 19.3. The van der Waals surface area contributed by atoms with Crippen molar-refractivity contribution < 1.29 is 18.4 Å². The van der Waals surface area contributed by atoms with Crippen LogP contribution >= 0.6 is 0 Å². The molecule has 0 aromatic heterocycles. The standard InChI is InChI=1S/C16H24F2N2O2/c1-2-20-13(21)5-8-15(20)6-3-12(4-7-15)19-14(22)11-9-16(17,18)10-11/h11-12H,2-10H2,1H3,(H,19,22). The van der Waals surface area contributed by atoms with Gasteiger partial charge in [0.05, 0.1) is 0 Å². The van der Waals surface area contributed by atoms with E-state index in [4.69, 9.17) is 0 Å². The van der Waals surface area contributed by atoms with Crippen LogP contribution in [-0.4, -0.2) is 40.8 Å². The summed E-state index contributed by atoms with van der Waals surface area (Å²) in [5.74, 6) is -3.15. The number of hydrogen-bond acceptors (Lipinski definition) is 2. The van der Waals surface area contributed by atoms with Crippen LogP contribution in [0.3, 0.4) is 0 Å². The molecule has 3 rings (SSSR count). The van der Waals surface area contributed by atoms with Gasteiger partial charge in [-0.3, -0.25) is 9.59 Å². The van der Waals surface area contributed by atoms with Crippen LogP contribution in [0.5, 0.6) is 0 Å². The Morgan fingerprint density at radius 2 is 1.91 bits per heavy atom. The molecule has 0 aromatic carbocycles. The van der Waals surface area contributed by atoms with E-state index in [1.165, 1.54) is 0 Å². The summed E-state index contributed by atoms with van der Waals surface area (Å²) >= 11 is 0. The predicted molar refractivity (Wildman–Crippen MR) is 77.4 cm³/mol. The van der Waals surface area contributed by atoms with Crippen LogP contribution in [0.15, 0.2) is 0 Å². The Bertz CT molecular complexity index is 465. The molecule has 2 amide bonds. The first-order chi connectivity index (χ1) is 10.4. The van der Waals surface area contributed by atoms with Gasteiger partial charge in [0.15, 0.2) is 0 Å². The van der Waals surface area contributed by atoms with Crippen LogP contribution in [0.25, 0.3) is 0 Å². The van der Waals surface area contributed by atoms with E-state index in [1.807, 2.05) is 11.8 Å². The number of hydrogen-bond donors (Lipinski definition) is 1. The van der Waals surface area contributed by atoms with Crippen LogP contribution in [0, 0.1) is 5.92 Å². The van der Waals surface area contributed by atoms with Crippen molar-refractivity contribution in [1.82, 2.24) is 10.2 Å². The SMILES string of the molecule is CCN1C(=O)CCC12CCC(NC(=O)C1CC(F)(F)C1)CC2. The lowest BCUT2D eigenvalue weighted by Gasteiger charge is -2.44. The van der Waals surface area contributed by atoms with E-state index in [9.17, 15) is 18.4 Å². The number of carbonyl (C=O) groups excluding carboxylic acids is 2. The topological polar surface area (TPSA) is 49.4 Å². The highest BCUT2D eigenvalue weighted by Gasteiger charge is 2.50. The molecule has 3 fully saturated rings. The maximum Gasteiger partial charge on any atom is 0.249 e. The maximum atomic E-state index is 12.8. The summed E-state index contributed by atoms with van der Waals surface area (Å²) < 4.78 is 25.7. The second-order valence-electron chi connectivity index (χ2n) is 7.11. The van der Waals surface area contributed by atoms with Crippen LogP contribution in [-0.2, 0) is 9.59 Å². The number of alkyl halides is 2. The summed E-state index contributed by atoms with van der Waals surface area (Å²) in [6.07, 6.45) is 4.38. The van der Waals surface area contributed by atoms with Crippen molar-refractivity contribution in [1.29, 1.82) is 0 Å².